The molecule has 3 nitrogen and oxygen atoms in total. The predicted molar refractivity (Wildman–Crippen MR) is 61.6 cm³/mol. The van der Waals surface area contributed by atoms with E-state index in [1.165, 1.54) is 45.1 Å². The average Bonchev–Trinajstić information content (AvgIpc) is 2.76. The second-order valence-corrected chi connectivity index (χ2v) is 5.06. The van der Waals surface area contributed by atoms with Gasteiger partial charge in [-0.1, -0.05) is 12.8 Å². The minimum atomic E-state index is 0.327. The molecule has 0 bridgehead atoms. The highest BCUT2D eigenvalue weighted by atomic mass is 16.3. The second-order valence-electron chi connectivity index (χ2n) is 5.06. The van der Waals surface area contributed by atoms with Crippen LogP contribution >= 0.6 is 0 Å². The molecule has 15 heavy (non-hydrogen) atoms. The van der Waals surface area contributed by atoms with Crippen LogP contribution in [0.1, 0.15) is 38.5 Å². The third-order valence-corrected chi connectivity index (χ3v) is 4.23. The number of likely N-dealkylation sites (tertiary alicyclic amines) is 1. The number of hydrogen-bond donors (Lipinski definition) is 2. The molecular formula is C12H24N2O. The molecule has 3 atom stereocenters. The molecule has 1 saturated carbocycles. The third-order valence-electron chi connectivity index (χ3n) is 4.23. The highest BCUT2D eigenvalue weighted by molar-refractivity contribution is 4.90. The molecule has 1 heterocycles. The molecule has 3 unspecified atom stereocenters. The topological polar surface area (TPSA) is 49.5 Å². The van der Waals surface area contributed by atoms with Crippen LogP contribution in [-0.2, 0) is 0 Å². The Balaban J connectivity index is 1.99. The van der Waals surface area contributed by atoms with Gasteiger partial charge in [0.2, 0.25) is 0 Å². The number of nitrogens with two attached hydrogens (primary N) is 1. The van der Waals surface area contributed by atoms with Crippen LogP contribution in [0.3, 0.4) is 0 Å². The van der Waals surface area contributed by atoms with Crippen molar-refractivity contribution in [3.8, 4) is 0 Å². The highest BCUT2D eigenvalue weighted by Crippen LogP contribution is 2.33. The lowest BCUT2D eigenvalue weighted by molar-refractivity contribution is 0.0395. The highest BCUT2D eigenvalue weighted by Gasteiger charge is 2.35. The molecule has 2 fully saturated rings. The quantitative estimate of drug-likeness (QED) is 0.732. The lowest BCUT2D eigenvalue weighted by Gasteiger charge is -2.41. The first-order valence-electron chi connectivity index (χ1n) is 6.43. The van der Waals surface area contributed by atoms with Crippen LogP contribution in [0, 0.1) is 5.92 Å². The first-order chi connectivity index (χ1) is 7.36. The summed E-state index contributed by atoms with van der Waals surface area (Å²) in [4.78, 5) is 2.55. The van der Waals surface area contributed by atoms with Crippen LogP contribution in [0.25, 0.3) is 0 Å². The largest absolute Gasteiger partial charge is 0.395 e. The van der Waals surface area contributed by atoms with Gasteiger partial charge in [0.05, 0.1) is 6.61 Å². The zero-order valence-corrected chi connectivity index (χ0v) is 9.57. The van der Waals surface area contributed by atoms with Crippen molar-refractivity contribution >= 4 is 0 Å². The van der Waals surface area contributed by atoms with Crippen molar-refractivity contribution in [2.75, 3.05) is 19.7 Å². The number of aliphatic hydroxyl groups excluding tert-OH is 1. The molecule has 3 heteroatoms. The molecule has 1 aliphatic heterocycles. The monoisotopic (exact) mass is 212 g/mol. The van der Waals surface area contributed by atoms with Crippen molar-refractivity contribution in [2.24, 2.45) is 11.7 Å². The van der Waals surface area contributed by atoms with Crippen LogP contribution in [0.4, 0.5) is 0 Å². The van der Waals surface area contributed by atoms with E-state index in [4.69, 9.17) is 5.73 Å². The maximum absolute atomic E-state index is 9.41. The Kier molecular flexibility index (Phi) is 4.00. The summed E-state index contributed by atoms with van der Waals surface area (Å²) < 4.78 is 0. The van der Waals surface area contributed by atoms with Gasteiger partial charge in [-0.25, -0.2) is 0 Å². The Morgan fingerprint density at radius 3 is 2.73 bits per heavy atom. The molecule has 0 radical (unpaired) electrons. The zero-order chi connectivity index (χ0) is 10.7. The Hall–Kier alpha value is -0.120. The Bertz CT molecular complexity index is 198. The summed E-state index contributed by atoms with van der Waals surface area (Å²) in [6.45, 7) is 2.32. The fourth-order valence-electron chi connectivity index (χ4n) is 3.38. The van der Waals surface area contributed by atoms with Crippen LogP contribution in [0.2, 0.25) is 0 Å². The summed E-state index contributed by atoms with van der Waals surface area (Å²) >= 11 is 0. The van der Waals surface area contributed by atoms with E-state index in [0.29, 0.717) is 24.6 Å². The predicted octanol–water partition coefficient (Wildman–Crippen LogP) is 0.961. The summed E-state index contributed by atoms with van der Waals surface area (Å²) in [7, 11) is 0. The van der Waals surface area contributed by atoms with Crippen molar-refractivity contribution in [1.29, 1.82) is 0 Å². The standard InChI is InChI=1S/C12H24N2O/c13-8-10-4-3-6-12(10)14-7-2-1-5-11(14)9-15/h10-12,15H,1-9,13H2. The Morgan fingerprint density at radius 2 is 2.00 bits per heavy atom. The van der Waals surface area contributed by atoms with Crippen LogP contribution in [0.5, 0.6) is 0 Å². The molecule has 3 N–H and O–H groups in total. The second kappa shape index (κ2) is 5.28. The first kappa shape index (κ1) is 11.4. The molecule has 0 spiro atoms. The van der Waals surface area contributed by atoms with E-state index in [-0.39, 0.29) is 0 Å². The van der Waals surface area contributed by atoms with Gasteiger partial charge in [0.25, 0.3) is 0 Å². The first-order valence-corrected chi connectivity index (χ1v) is 6.43. The molecule has 1 aliphatic carbocycles. The fourth-order valence-corrected chi connectivity index (χ4v) is 3.38. The van der Waals surface area contributed by atoms with Crippen molar-refractivity contribution in [3.63, 3.8) is 0 Å². The summed E-state index contributed by atoms with van der Waals surface area (Å²) in [5, 5.41) is 9.41. The van der Waals surface area contributed by atoms with E-state index in [1.807, 2.05) is 0 Å². The van der Waals surface area contributed by atoms with Gasteiger partial charge in [-0.15, -0.1) is 0 Å². The minimum Gasteiger partial charge on any atom is -0.395 e. The van der Waals surface area contributed by atoms with Gasteiger partial charge in [0.1, 0.15) is 0 Å². The third kappa shape index (κ3) is 2.35. The van der Waals surface area contributed by atoms with Crippen LogP contribution in [-0.4, -0.2) is 41.8 Å². The maximum atomic E-state index is 9.41. The number of aliphatic hydroxyl groups is 1. The lowest BCUT2D eigenvalue weighted by Crippen LogP contribution is -2.50. The molecular weight excluding hydrogens is 188 g/mol. The molecule has 88 valence electrons. The van der Waals surface area contributed by atoms with Gasteiger partial charge < -0.3 is 10.8 Å². The van der Waals surface area contributed by atoms with Gasteiger partial charge in [-0.3, -0.25) is 4.90 Å². The zero-order valence-electron chi connectivity index (χ0n) is 9.57. The lowest BCUT2D eigenvalue weighted by atomic mass is 9.95. The number of hydrogen-bond acceptors (Lipinski definition) is 3. The molecule has 0 amide bonds. The van der Waals surface area contributed by atoms with E-state index >= 15 is 0 Å². The molecule has 2 aliphatic rings. The maximum Gasteiger partial charge on any atom is 0.0586 e. The van der Waals surface area contributed by atoms with Gasteiger partial charge >= 0.3 is 0 Å². The van der Waals surface area contributed by atoms with Gasteiger partial charge in [0.15, 0.2) is 0 Å². The normalized spacial score (nSPS) is 38.4. The number of rotatable bonds is 3. The van der Waals surface area contributed by atoms with E-state index in [2.05, 4.69) is 4.90 Å². The van der Waals surface area contributed by atoms with Gasteiger partial charge in [0, 0.05) is 12.1 Å². The molecule has 0 aromatic carbocycles. The van der Waals surface area contributed by atoms with Crippen molar-refractivity contribution < 1.29 is 5.11 Å². The van der Waals surface area contributed by atoms with E-state index < -0.39 is 0 Å². The Morgan fingerprint density at radius 1 is 1.13 bits per heavy atom. The number of piperidine rings is 1. The molecule has 1 saturated heterocycles. The van der Waals surface area contributed by atoms with E-state index in [0.717, 1.165) is 6.54 Å². The summed E-state index contributed by atoms with van der Waals surface area (Å²) in [5.74, 6) is 0.678. The van der Waals surface area contributed by atoms with Gasteiger partial charge in [-0.05, 0) is 44.7 Å². The van der Waals surface area contributed by atoms with Crippen LogP contribution < -0.4 is 5.73 Å². The van der Waals surface area contributed by atoms with E-state index in [9.17, 15) is 5.11 Å². The molecule has 0 aromatic heterocycles. The average molecular weight is 212 g/mol. The van der Waals surface area contributed by atoms with Crippen LogP contribution in [0.15, 0.2) is 0 Å². The smallest absolute Gasteiger partial charge is 0.0586 e. The van der Waals surface area contributed by atoms with Crippen molar-refractivity contribution in [3.05, 3.63) is 0 Å². The summed E-state index contributed by atoms with van der Waals surface area (Å²) in [6, 6.07) is 1.07. The Labute approximate surface area is 92.6 Å². The SMILES string of the molecule is NCC1CCCC1N1CCCCC1CO. The number of nitrogens with zero attached hydrogens (tertiary/aromatic N) is 1. The minimum absolute atomic E-state index is 0.327. The molecule has 0 aromatic rings. The van der Waals surface area contributed by atoms with Crippen molar-refractivity contribution in [2.45, 2.75) is 50.6 Å². The molecule has 2 rings (SSSR count). The van der Waals surface area contributed by atoms with Crippen molar-refractivity contribution in [1.82, 2.24) is 4.90 Å². The summed E-state index contributed by atoms with van der Waals surface area (Å²) in [5.41, 5.74) is 5.83. The fraction of sp³-hybridized carbons (Fsp3) is 1.00. The van der Waals surface area contributed by atoms with Gasteiger partial charge in [-0.2, -0.15) is 0 Å². The van der Waals surface area contributed by atoms with E-state index in [1.54, 1.807) is 0 Å². The summed E-state index contributed by atoms with van der Waals surface area (Å²) in [6.07, 6.45) is 7.64.